The average Bonchev–Trinajstić information content (AvgIpc) is 2.84. The van der Waals surface area contributed by atoms with Gasteiger partial charge in [0.05, 0.1) is 12.1 Å². The van der Waals surface area contributed by atoms with Crippen molar-refractivity contribution in [3.8, 4) is 0 Å². The van der Waals surface area contributed by atoms with Crippen molar-refractivity contribution in [1.82, 2.24) is 0 Å². The van der Waals surface area contributed by atoms with E-state index in [0.29, 0.717) is 5.56 Å². The first-order chi connectivity index (χ1) is 9.66. The van der Waals surface area contributed by atoms with Crippen molar-refractivity contribution >= 4 is 38.9 Å². The summed E-state index contributed by atoms with van der Waals surface area (Å²) < 4.78 is 1.13. The normalized spacial score (nSPS) is 14.2. The Morgan fingerprint density at radius 3 is 2.95 bits per heavy atom. The zero-order valence-electron chi connectivity index (χ0n) is 10.8. The fourth-order valence-electron chi connectivity index (χ4n) is 2.68. The highest BCUT2D eigenvalue weighted by Gasteiger charge is 2.22. The van der Waals surface area contributed by atoms with Gasteiger partial charge in [-0.05, 0) is 57.9 Å². The van der Waals surface area contributed by atoms with Gasteiger partial charge in [-0.1, -0.05) is 6.07 Å². The van der Waals surface area contributed by atoms with Crippen molar-refractivity contribution in [3.63, 3.8) is 0 Å². The molecule has 104 valence electrons. The summed E-state index contributed by atoms with van der Waals surface area (Å²) in [5.41, 5.74) is 2.48. The number of thiophene rings is 1. The number of nitrogens with zero attached hydrogens (tertiary/aromatic N) is 1. The first-order valence-corrected chi connectivity index (χ1v) is 8.16. The van der Waals surface area contributed by atoms with E-state index in [0.717, 1.165) is 41.7 Å². The van der Waals surface area contributed by atoms with Gasteiger partial charge < -0.3 is 10.0 Å². The van der Waals surface area contributed by atoms with Gasteiger partial charge in [-0.3, -0.25) is 0 Å². The maximum absolute atomic E-state index is 11.3. The number of carboxylic acid groups (broad SMARTS) is 1. The molecule has 0 unspecified atom stereocenters. The van der Waals surface area contributed by atoms with E-state index in [9.17, 15) is 9.90 Å². The van der Waals surface area contributed by atoms with Crippen molar-refractivity contribution in [1.29, 1.82) is 0 Å². The van der Waals surface area contributed by atoms with Crippen LogP contribution in [0, 0.1) is 0 Å². The number of hydrogen-bond donors (Lipinski definition) is 1. The fourth-order valence-corrected chi connectivity index (χ4v) is 4.17. The van der Waals surface area contributed by atoms with Crippen LogP contribution in [0.3, 0.4) is 0 Å². The van der Waals surface area contributed by atoms with E-state index < -0.39 is 5.97 Å². The third-order valence-electron chi connectivity index (χ3n) is 3.60. The predicted molar refractivity (Wildman–Crippen MR) is 84.8 cm³/mol. The van der Waals surface area contributed by atoms with E-state index in [1.807, 2.05) is 12.1 Å². The summed E-state index contributed by atoms with van der Waals surface area (Å²) in [6.45, 7) is 1.80. The molecule has 20 heavy (non-hydrogen) atoms. The zero-order valence-corrected chi connectivity index (χ0v) is 13.2. The molecule has 0 bridgehead atoms. The smallest absolute Gasteiger partial charge is 0.336 e. The number of benzene rings is 1. The number of hydrogen-bond acceptors (Lipinski definition) is 3. The van der Waals surface area contributed by atoms with Gasteiger partial charge in [0, 0.05) is 21.6 Å². The minimum absolute atomic E-state index is 0.442. The van der Waals surface area contributed by atoms with Crippen LogP contribution >= 0.6 is 27.3 Å². The lowest BCUT2D eigenvalue weighted by molar-refractivity contribution is 0.0695. The Morgan fingerprint density at radius 2 is 2.25 bits per heavy atom. The minimum Gasteiger partial charge on any atom is -0.478 e. The number of halogens is 1. The number of aromatic carboxylic acids is 1. The lowest BCUT2D eigenvalue weighted by Crippen LogP contribution is -2.29. The summed E-state index contributed by atoms with van der Waals surface area (Å²) in [5.74, 6) is -0.832. The molecule has 5 heteroatoms. The van der Waals surface area contributed by atoms with E-state index in [1.54, 1.807) is 17.4 Å². The third-order valence-corrected chi connectivity index (χ3v) is 5.51. The summed E-state index contributed by atoms with van der Waals surface area (Å²) >= 11 is 5.28. The van der Waals surface area contributed by atoms with Gasteiger partial charge in [0.15, 0.2) is 0 Å². The van der Waals surface area contributed by atoms with E-state index in [-0.39, 0.29) is 0 Å². The molecule has 0 saturated carbocycles. The summed E-state index contributed by atoms with van der Waals surface area (Å²) in [6, 6.07) is 7.62. The lowest BCUT2D eigenvalue weighted by Gasteiger charge is -2.31. The lowest BCUT2D eigenvalue weighted by atomic mass is 9.96. The quantitative estimate of drug-likeness (QED) is 0.902. The van der Waals surface area contributed by atoms with Crippen molar-refractivity contribution in [2.75, 3.05) is 11.4 Å². The molecule has 1 aromatic carbocycles. The zero-order chi connectivity index (χ0) is 14.1. The Labute approximate surface area is 130 Å². The van der Waals surface area contributed by atoms with E-state index >= 15 is 0 Å². The largest absolute Gasteiger partial charge is 0.478 e. The van der Waals surface area contributed by atoms with Crippen LogP contribution in [0.4, 0.5) is 5.69 Å². The average molecular weight is 352 g/mol. The van der Waals surface area contributed by atoms with Crippen LogP contribution in [0.1, 0.15) is 27.2 Å². The molecule has 1 aromatic heterocycles. The number of carbonyl (C=O) groups is 1. The molecule has 0 atom stereocenters. The number of carboxylic acids is 1. The van der Waals surface area contributed by atoms with Gasteiger partial charge in [0.25, 0.3) is 0 Å². The van der Waals surface area contributed by atoms with Crippen LogP contribution in [0.25, 0.3) is 0 Å². The van der Waals surface area contributed by atoms with Gasteiger partial charge in [-0.2, -0.15) is 0 Å². The third kappa shape index (κ3) is 2.47. The highest BCUT2D eigenvalue weighted by atomic mass is 79.9. The van der Waals surface area contributed by atoms with Gasteiger partial charge in [-0.25, -0.2) is 4.79 Å². The summed E-state index contributed by atoms with van der Waals surface area (Å²) in [5, 5.41) is 11.4. The second kappa shape index (κ2) is 5.58. The van der Waals surface area contributed by atoms with Crippen LogP contribution in [-0.4, -0.2) is 17.6 Å². The van der Waals surface area contributed by atoms with E-state index in [4.69, 9.17) is 0 Å². The van der Waals surface area contributed by atoms with Gasteiger partial charge in [0.2, 0.25) is 0 Å². The predicted octanol–water partition coefficient (Wildman–Crippen LogP) is 4.16. The van der Waals surface area contributed by atoms with E-state index in [2.05, 4.69) is 32.3 Å². The molecule has 0 aliphatic carbocycles. The molecule has 1 N–H and O–H groups in total. The molecule has 1 aliphatic rings. The molecule has 0 saturated heterocycles. The molecule has 0 spiro atoms. The Balaban J connectivity index is 1.96. The van der Waals surface area contributed by atoms with Crippen LogP contribution < -0.4 is 4.90 Å². The topological polar surface area (TPSA) is 40.5 Å². The second-order valence-electron chi connectivity index (χ2n) is 4.83. The molecule has 3 rings (SSSR count). The molecule has 3 nitrogen and oxygen atoms in total. The van der Waals surface area contributed by atoms with Gasteiger partial charge in [0.1, 0.15) is 0 Å². The van der Waals surface area contributed by atoms with Crippen molar-refractivity contribution in [2.45, 2.75) is 19.4 Å². The van der Waals surface area contributed by atoms with Gasteiger partial charge >= 0.3 is 5.97 Å². The standard InChI is InChI=1S/C15H14BrNO2S/c16-12-6-8-20-14(12)9-17-7-2-4-10-11(15(18)19)3-1-5-13(10)17/h1,3,5-6,8H,2,4,7,9H2,(H,18,19). The highest BCUT2D eigenvalue weighted by Crippen LogP contribution is 2.33. The summed E-state index contributed by atoms with van der Waals surface area (Å²) in [4.78, 5) is 14.9. The maximum Gasteiger partial charge on any atom is 0.336 e. The summed E-state index contributed by atoms with van der Waals surface area (Å²) in [7, 11) is 0. The maximum atomic E-state index is 11.3. The van der Waals surface area contributed by atoms with Crippen LogP contribution in [0.2, 0.25) is 0 Å². The first kappa shape index (κ1) is 13.6. The molecule has 0 fully saturated rings. The summed E-state index contributed by atoms with van der Waals surface area (Å²) in [6.07, 6.45) is 1.85. The Bertz CT molecular complexity index is 653. The van der Waals surface area contributed by atoms with Crippen LogP contribution in [-0.2, 0) is 13.0 Å². The fraction of sp³-hybridized carbons (Fsp3) is 0.267. The number of anilines is 1. The number of rotatable bonds is 3. The molecule has 2 aromatic rings. The Morgan fingerprint density at radius 1 is 1.40 bits per heavy atom. The second-order valence-corrected chi connectivity index (χ2v) is 6.68. The van der Waals surface area contributed by atoms with Crippen molar-refractivity contribution in [3.05, 3.63) is 50.1 Å². The molecule has 2 heterocycles. The Hall–Kier alpha value is -1.33. The molecule has 0 radical (unpaired) electrons. The molecule has 1 aliphatic heterocycles. The van der Waals surface area contributed by atoms with Crippen LogP contribution in [0.15, 0.2) is 34.1 Å². The van der Waals surface area contributed by atoms with Crippen molar-refractivity contribution in [2.24, 2.45) is 0 Å². The van der Waals surface area contributed by atoms with Crippen molar-refractivity contribution < 1.29 is 9.90 Å². The van der Waals surface area contributed by atoms with Gasteiger partial charge in [-0.15, -0.1) is 11.3 Å². The molecular weight excluding hydrogens is 338 g/mol. The number of fused-ring (bicyclic) bond motifs is 1. The Kier molecular flexibility index (Phi) is 3.81. The SMILES string of the molecule is O=C(O)c1cccc2c1CCCN2Cc1sccc1Br. The van der Waals surface area contributed by atoms with E-state index in [1.165, 1.54) is 4.88 Å². The van der Waals surface area contributed by atoms with Crippen LogP contribution in [0.5, 0.6) is 0 Å². The highest BCUT2D eigenvalue weighted by molar-refractivity contribution is 9.10. The molecule has 0 amide bonds. The first-order valence-electron chi connectivity index (χ1n) is 6.49. The minimum atomic E-state index is -0.832. The molecular formula is C15H14BrNO2S. The monoisotopic (exact) mass is 351 g/mol.